The molecule has 1 aliphatic rings. The Morgan fingerprint density at radius 2 is 1.53 bits per heavy atom. The highest BCUT2D eigenvalue weighted by atomic mass is 32.2. The van der Waals surface area contributed by atoms with E-state index in [1.807, 2.05) is 29.6 Å². The van der Waals surface area contributed by atoms with Crippen LogP contribution in [0.5, 0.6) is 0 Å². The third kappa shape index (κ3) is 6.75. The van der Waals surface area contributed by atoms with E-state index in [0.717, 1.165) is 19.3 Å². The molecule has 174 valence electrons. The second-order valence-electron chi connectivity index (χ2n) is 9.38. The van der Waals surface area contributed by atoms with Gasteiger partial charge in [-0.2, -0.15) is 0 Å². The molecule has 0 atom stereocenters. The normalized spacial score (nSPS) is 16.3. The van der Waals surface area contributed by atoms with Crippen LogP contribution in [-0.2, 0) is 4.43 Å². The number of rotatable bonds is 10. The van der Waals surface area contributed by atoms with Gasteiger partial charge in [0.2, 0.25) is 0 Å². The molecule has 2 aromatic rings. The molecule has 0 amide bonds. The van der Waals surface area contributed by atoms with E-state index in [1.165, 1.54) is 28.3 Å². The Morgan fingerprint density at radius 3 is 2.06 bits per heavy atom. The summed E-state index contributed by atoms with van der Waals surface area (Å²) in [5, 5.41) is 2.58. The number of hydrogen-bond acceptors (Lipinski definition) is 3. The molecule has 0 spiro atoms. The largest absolute Gasteiger partial charge is 0.407 e. The third-order valence-electron chi connectivity index (χ3n) is 5.97. The van der Waals surface area contributed by atoms with Gasteiger partial charge in [0.1, 0.15) is 0 Å². The average Bonchev–Trinajstić information content (AvgIpc) is 2.81. The van der Waals surface area contributed by atoms with Crippen molar-refractivity contribution in [2.24, 2.45) is 0 Å². The zero-order chi connectivity index (χ0) is 22.9. The summed E-state index contributed by atoms with van der Waals surface area (Å²) in [6.07, 6.45) is 6.17. The van der Waals surface area contributed by atoms with Gasteiger partial charge in [-0.25, -0.2) is 4.39 Å². The van der Waals surface area contributed by atoms with Crippen molar-refractivity contribution < 1.29 is 8.82 Å². The molecular weight excluding hydrogens is 452 g/mol. The van der Waals surface area contributed by atoms with E-state index in [1.54, 1.807) is 0 Å². The predicted molar refractivity (Wildman–Crippen MR) is 145 cm³/mol. The quantitative estimate of drug-likeness (QED) is 0.259. The van der Waals surface area contributed by atoms with Crippen molar-refractivity contribution in [2.75, 3.05) is 18.1 Å². The molecule has 0 N–H and O–H groups in total. The molecule has 5 heteroatoms. The summed E-state index contributed by atoms with van der Waals surface area (Å²) >= 11 is 3.95. The number of halogens is 1. The lowest BCUT2D eigenvalue weighted by molar-refractivity contribution is 0.287. The Labute approximate surface area is 203 Å². The summed E-state index contributed by atoms with van der Waals surface area (Å²) in [7, 11) is -2.48. The highest BCUT2D eigenvalue weighted by molar-refractivity contribution is 8.17. The van der Waals surface area contributed by atoms with Gasteiger partial charge >= 0.3 is 0 Å². The fourth-order valence-electron chi connectivity index (χ4n) is 4.38. The number of allylic oxidation sites excluding steroid dienone is 2. The Balaban J connectivity index is 1.62. The summed E-state index contributed by atoms with van der Waals surface area (Å²) in [5.74, 6) is 2.47. The van der Waals surface area contributed by atoms with E-state index >= 15 is 0 Å². The van der Waals surface area contributed by atoms with Crippen LogP contribution in [0, 0.1) is 0 Å². The summed E-state index contributed by atoms with van der Waals surface area (Å²) in [6, 6.07) is 21.4. The Morgan fingerprint density at radius 1 is 0.969 bits per heavy atom. The van der Waals surface area contributed by atoms with Crippen LogP contribution in [0.3, 0.4) is 0 Å². The van der Waals surface area contributed by atoms with Crippen LogP contribution in [0.15, 0.2) is 72.6 Å². The standard InChI is InChI=1S/C27H37FOS2Si/c1-27(2,3)32(24-14-6-4-7-15-24,25-16-8-5-9-17-25)29-20-11-10-13-23(28)18-19-26-30-21-12-22-31-26/h4-9,14-18,26H,10-13,19-22H2,1-3H3. The number of thioether (sulfide) groups is 2. The summed E-state index contributed by atoms with van der Waals surface area (Å²) in [4.78, 5) is 0. The van der Waals surface area contributed by atoms with Crippen LogP contribution in [0.4, 0.5) is 4.39 Å². The van der Waals surface area contributed by atoms with Gasteiger partial charge in [-0.05, 0) is 59.0 Å². The smallest absolute Gasteiger partial charge is 0.261 e. The topological polar surface area (TPSA) is 9.23 Å². The van der Waals surface area contributed by atoms with Crippen molar-refractivity contribution in [3.05, 3.63) is 72.6 Å². The molecule has 1 aliphatic heterocycles. The molecule has 32 heavy (non-hydrogen) atoms. The Bertz CT molecular complexity index is 790. The van der Waals surface area contributed by atoms with Crippen molar-refractivity contribution in [2.45, 2.75) is 62.5 Å². The lowest BCUT2D eigenvalue weighted by Gasteiger charge is -2.43. The average molecular weight is 489 g/mol. The van der Waals surface area contributed by atoms with Crippen LogP contribution in [0.2, 0.25) is 5.04 Å². The lowest BCUT2D eigenvalue weighted by atomic mass is 10.2. The van der Waals surface area contributed by atoms with Crippen molar-refractivity contribution in [1.29, 1.82) is 0 Å². The van der Waals surface area contributed by atoms with E-state index in [9.17, 15) is 4.39 Å². The first-order valence-electron chi connectivity index (χ1n) is 11.8. The van der Waals surface area contributed by atoms with Crippen molar-refractivity contribution in [3.8, 4) is 0 Å². The van der Waals surface area contributed by atoms with Crippen LogP contribution < -0.4 is 10.4 Å². The van der Waals surface area contributed by atoms with Gasteiger partial charge in [0.05, 0.1) is 10.4 Å². The van der Waals surface area contributed by atoms with Gasteiger partial charge < -0.3 is 4.43 Å². The number of hydrogen-bond donors (Lipinski definition) is 0. The first-order valence-corrected chi connectivity index (χ1v) is 15.8. The molecule has 1 saturated heterocycles. The van der Waals surface area contributed by atoms with Crippen molar-refractivity contribution in [3.63, 3.8) is 0 Å². The van der Waals surface area contributed by atoms with E-state index in [0.29, 0.717) is 17.6 Å². The summed E-state index contributed by atoms with van der Waals surface area (Å²) in [6.45, 7) is 7.55. The summed E-state index contributed by atoms with van der Waals surface area (Å²) in [5.41, 5.74) is 0. The molecule has 1 nitrogen and oxygen atoms in total. The molecule has 0 saturated carbocycles. The van der Waals surface area contributed by atoms with E-state index in [-0.39, 0.29) is 10.9 Å². The minimum atomic E-state index is -2.48. The Kier molecular flexibility index (Phi) is 9.96. The first-order chi connectivity index (χ1) is 15.4. The van der Waals surface area contributed by atoms with Gasteiger partial charge in [0.15, 0.2) is 0 Å². The lowest BCUT2D eigenvalue weighted by Crippen LogP contribution is -2.66. The van der Waals surface area contributed by atoms with Crippen LogP contribution >= 0.6 is 23.5 Å². The second kappa shape index (κ2) is 12.4. The molecule has 1 heterocycles. The Hall–Kier alpha value is -1.01. The molecule has 3 rings (SSSR count). The number of benzene rings is 2. The molecular formula is C27H37FOS2Si. The summed E-state index contributed by atoms with van der Waals surface area (Å²) < 4.78 is 21.8. The monoisotopic (exact) mass is 488 g/mol. The fourth-order valence-corrected chi connectivity index (χ4v) is 11.7. The minimum absolute atomic E-state index is 0.0177. The van der Waals surface area contributed by atoms with Gasteiger partial charge in [-0.15, -0.1) is 23.5 Å². The minimum Gasteiger partial charge on any atom is -0.407 e. The maximum absolute atomic E-state index is 14.3. The molecule has 2 aromatic carbocycles. The zero-order valence-corrected chi connectivity index (χ0v) is 22.3. The van der Waals surface area contributed by atoms with E-state index in [4.69, 9.17) is 4.43 Å². The predicted octanol–water partition coefficient (Wildman–Crippen LogP) is 7.17. The maximum atomic E-state index is 14.3. The molecule has 0 unspecified atom stereocenters. The maximum Gasteiger partial charge on any atom is 0.261 e. The third-order valence-corrected chi connectivity index (χ3v) is 14.0. The second-order valence-corrected chi connectivity index (χ2v) is 16.6. The fraction of sp³-hybridized carbons (Fsp3) is 0.481. The van der Waals surface area contributed by atoms with Gasteiger partial charge in [0, 0.05) is 6.61 Å². The molecule has 0 aliphatic carbocycles. The van der Waals surface area contributed by atoms with Crippen LogP contribution in [-0.4, -0.2) is 31.0 Å². The van der Waals surface area contributed by atoms with E-state index < -0.39 is 8.32 Å². The molecule has 0 bridgehead atoms. The van der Waals surface area contributed by atoms with Gasteiger partial charge in [-0.3, -0.25) is 0 Å². The molecule has 0 aromatic heterocycles. The van der Waals surface area contributed by atoms with Crippen molar-refractivity contribution >= 4 is 42.2 Å². The van der Waals surface area contributed by atoms with Crippen LogP contribution in [0.1, 0.15) is 52.9 Å². The molecule has 0 radical (unpaired) electrons. The first kappa shape index (κ1) is 25.6. The highest BCUT2D eigenvalue weighted by Crippen LogP contribution is 2.37. The van der Waals surface area contributed by atoms with Crippen LogP contribution in [0.25, 0.3) is 0 Å². The zero-order valence-electron chi connectivity index (χ0n) is 19.7. The van der Waals surface area contributed by atoms with E-state index in [2.05, 4.69) is 81.4 Å². The number of unbranched alkanes of at least 4 members (excludes halogenated alkanes) is 1. The van der Waals surface area contributed by atoms with Gasteiger partial charge in [0.25, 0.3) is 8.32 Å². The highest BCUT2D eigenvalue weighted by Gasteiger charge is 2.49. The van der Waals surface area contributed by atoms with Crippen molar-refractivity contribution in [1.82, 2.24) is 0 Å². The SMILES string of the molecule is CC(C)(C)[Si](OCCCCC(F)=CCC1SCCCS1)(c1ccccc1)c1ccccc1. The molecule has 1 fully saturated rings. The van der Waals surface area contributed by atoms with Gasteiger partial charge in [-0.1, -0.05) is 87.5 Å².